The number of rotatable bonds is 4. The summed E-state index contributed by atoms with van der Waals surface area (Å²) in [5, 5.41) is 0. The largest absolute Gasteiger partial charge is 0.327 e. The van der Waals surface area contributed by atoms with Crippen LogP contribution in [0.2, 0.25) is 0 Å². The van der Waals surface area contributed by atoms with E-state index in [1.165, 1.54) is 45.3 Å². The topological polar surface area (TPSA) is 32.5 Å². The molecule has 0 spiro atoms. The number of nitrogens with zero attached hydrogens (tertiary/aromatic N) is 2. The van der Waals surface area contributed by atoms with Crippen molar-refractivity contribution in [3.05, 3.63) is 0 Å². The molecule has 0 bridgehead atoms. The van der Waals surface area contributed by atoms with Gasteiger partial charge in [0.05, 0.1) is 0 Å². The highest BCUT2D eigenvalue weighted by Gasteiger charge is 2.41. The van der Waals surface area contributed by atoms with Crippen molar-refractivity contribution in [3.8, 4) is 0 Å². The molecular formula is C17H35N3. The lowest BCUT2D eigenvalue weighted by Gasteiger charge is -2.48. The fraction of sp³-hybridized carbons (Fsp3) is 1.00. The fourth-order valence-corrected chi connectivity index (χ4v) is 4.29. The van der Waals surface area contributed by atoms with Gasteiger partial charge in [-0.2, -0.15) is 0 Å². The van der Waals surface area contributed by atoms with Gasteiger partial charge in [-0.15, -0.1) is 0 Å². The standard InChI is InChI=1S/C17H35N3/c1-13-16(18)9-8-14(17(13,2)3)11-19(4)12-15-7-6-10-20(15)5/h13-16H,6-12,18H2,1-5H3. The van der Waals surface area contributed by atoms with Crippen molar-refractivity contribution < 1.29 is 0 Å². The van der Waals surface area contributed by atoms with E-state index in [4.69, 9.17) is 5.73 Å². The third kappa shape index (κ3) is 3.37. The van der Waals surface area contributed by atoms with E-state index in [2.05, 4.69) is 44.7 Å². The van der Waals surface area contributed by atoms with E-state index >= 15 is 0 Å². The molecule has 3 heteroatoms. The molecule has 118 valence electrons. The first-order chi connectivity index (χ1) is 9.32. The van der Waals surface area contributed by atoms with Gasteiger partial charge in [-0.1, -0.05) is 20.8 Å². The molecule has 20 heavy (non-hydrogen) atoms. The maximum atomic E-state index is 6.28. The van der Waals surface area contributed by atoms with Crippen molar-refractivity contribution in [1.82, 2.24) is 9.80 Å². The average Bonchev–Trinajstić information content (AvgIpc) is 2.76. The van der Waals surface area contributed by atoms with Crippen LogP contribution in [0.5, 0.6) is 0 Å². The summed E-state index contributed by atoms with van der Waals surface area (Å²) in [6.07, 6.45) is 5.24. The summed E-state index contributed by atoms with van der Waals surface area (Å²) in [7, 11) is 4.58. The van der Waals surface area contributed by atoms with Crippen LogP contribution in [0.25, 0.3) is 0 Å². The molecular weight excluding hydrogens is 246 g/mol. The third-order valence-electron chi connectivity index (χ3n) is 6.44. The van der Waals surface area contributed by atoms with Gasteiger partial charge in [-0.3, -0.25) is 0 Å². The predicted molar refractivity (Wildman–Crippen MR) is 86.8 cm³/mol. The summed E-state index contributed by atoms with van der Waals surface area (Å²) in [6, 6.07) is 1.17. The molecule has 4 atom stereocenters. The molecule has 2 rings (SSSR count). The van der Waals surface area contributed by atoms with E-state index in [9.17, 15) is 0 Å². The molecule has 1 aliphatic heterocycles. The van der Waals surface area contributed by atoms with E-state index < -0.39 is 0 Å². The van der Waals surface area contributed by atoms with Crippen LogP contribution in [0.3, 0.4) is 0 Å². The summed E-state index contributed by atoms with van der Waals surface area (Å²) in [5.74, 6) is 1.41. The quantitative estimate of drug-likeness (QED) is 0.859. The molecule has 1 aliphatic carbocycles. The Morgan fingerprint density at radius 2 is 1.90 bits per heavy atom. The Balaban J connectivity index is 1.88. The van der Waals surface area contributed by atoms with Crippen LogP contribution in [-0.4, -0.2) is 55.6 Å². The molecule has 1 saturated heterocycles. The highest BCUT2D eigenvalue weighted by atomic mass is 15.2. The van der Waals surface area contributed by atoms with Crippen LogP contribution >= 0.6 is 0 Å². The molecule has 3 nitrogen and oxygen atoms in total. The van der Waals surface area contributed by atoms with Gasteiger partial charge >= 0.3 is 0 Å². The zero-order chi connectivity index (χ0) is 14.9. The van der Waals surface area contributed by atoms with E-state index in [1.807, 2.05) is 0 Å². The summed E-state index contributed by atoms with van der Waals surface area (Å²) < 4.78 is 0. The zero-order valence-corrected chi connectivity index (χ0v) is 14.2. The van der Waals surface area contributed by atoms with Crippen LogP contribution in [0.15, 0.2) is 0 Å². The minimum Gasteiger partial charge on any atom is -0.327 e. The van der Waals surface area contributed by atoms with Crippen LogP contribution in [0.1, 0.15) is 46.5 Å². The molecule has 4 unspecified atom stereocenters. The predicted octanol–water partition coefficient (Wildman–Crippen LogP) is 2.41. The highest BCUT2D eigenvalue weighted by Crippen LogP contribution is 2.44. The number of likely N-dealkylation sites (tertiary alicyclic amines) is 1. The molecule has 0 aromatic heterocycles. The molecule has 0 aromatic carbocycles. The third-order valence-corrected chi connectivity index (χ3v) is 6.44. The van der Waals surface area contributed by atoms with E-state index in [-0.39, 0.29) is 0 Å². The lowest BCUT2D eigenvalue weighted by atomic mass is 9.61. The second kappa shape index (κ2) is 6.33. The molecule has 0 aromatic rings. The van der Waals surface area contributed by atoms with Crippen molar-refractivity contribution in [2.24, 2.45) is 23.0 Å². The summed E-state index contributed by atoms with van der Waals surface area (Å²) in [6.45, 7) is 10.9. The fourth-order valence-electron chi connectivity index (χ4n) is 4.29. The second-order valence-corrected chi connectivity index (χ2v) is 8.05. The lowest BCUT2D eigenvalue weighted by Crippen LogP contribution is -2.50. The Labute approximate surface area is 125 Å². The smallest absolute Gasteiger partial charge is 0.0220 e. The monoisotopic (exact) mass is 281 g/mol. The summed E-state index contributed by atoms with van der Waals surface area (Å²) in [4.78, 5) is 5.10. The number of hydrogen-bond acceptors (Lipinski definition) is 3. The number of likely N-dealkylation sites (N-methyl/N-ethyl adjacent to an activating group) is 2. The molecule has 2 fully saturated rings. The van der Waals surface area contributed by atoms with Gasteiger partial charge in [0, 0.05) is 25.2 Å². The maximum Gasteiger partial charge on any atom is 0.0220 e. The molecule has 0 radical (unpaired) electrons. The minimum atomic E-state index is 0.369. The Morgan fingerprint density at radius 1 is 1.20 bits per heavy atom. The van der Waals surface area contributed by atoms with Gasteiger partial charge in [-0.25, -0.2) is 0 Å². The van der Waals surface area contributed by atoms with Gasteiger partial charge in [-0.05, 0) is 63.6 Å². The average molecular weight is 281 g/mol. The molecule has 2 aliphatic rings. The van der Waals surface area contributed by atoms with Crippen LogP contribution < -0.4 is 5.73 Å². The van der Waals surface area contributed by atoms with Crippen molar-refractivity contribution in [3.63, 3.8) is 0 Å². The molecule has 0 amide bonds. The lowest BCUT2D eigenvalue weighted by molar-refractivity contribution is 0.0302. The SMILES string of the molecule is CC1C(N)CCC(CN(C)CC2CCCN2C)C1(C)C. The molecule has 2 N–H and O–H groups in total. The minimum absolute atomic E-state index is 0.369. The van der Waals surface area contributed by atoms with Gasteiger partial charge in [0.25, 0.3) is 0 Å². The van der Waals surface area contributed by atoms with Gasteiger partial charge in [0.15, 0.2) is 0 Å². The van der Waals surface area contributed by atoms with Crippen LogP contribution in [0, 0.1) is 17.3 Å². The summed E-state index contributed by atoms with van der Waals surface area (Å²) in [5.41, 5.74) is 6.65. The Morgan fingerprint density at radius 3 is 2.50 bits per heavy atom. The van der Waals surface area contributed by atoms with Gasteiger partial charge in [0.1, 0.15) is 0 Å². The number of hydrogen-bond donors (Lipinski definition) is 1. The van der Waals surface area contributed by atoms with E-state index in [0.717, 1.165) is 12.0 Å². The van der Waals surface area contributed by atoms with Gasteiger partial charge in [0.2, 0.25) is 0 Å². The first kappa shape index (κ1) is 16.3. The van der Waals surface area contributed by atoms with Crippen molar-refractivity contribution >= 4 is 0 Å². The Kier molecular flexibility index (Phi) is 5.14. The maximum absolute atomic E-state index is 6.28. The van der Waals surface area contributed by atoms with Crippen molar-refractivity contribution in [2.75, 3.05) is 33.7 Å². The summed E-state index contributed by atoms with van der Waals surface area (Å²) >= 11 is 0. The Hall–Kier alpha value is -0.120. The first-order valence-electron chi connectivity index (χ1n) is 8.46. The Bertz CT molecular complexity index is 315. The van der Waals surface area contributed by atoms with Crippen LogP contribution in [0.4, 0.5) is 0 Å². The molecule has 1 saturated carbocycles. The van der Waals surface area contributed by atoms with Crippen molar-refractivity contribution in [2.45, 2.75) is 58.5 Å². The van der Waals surface area contributed by atoms with E-state index in [0.29, 0.717) is 17.4 Å². The molecule has 1 heterocycles. The first-order valence-corrected chi connectivity index (χ1v) is 8.46. The van der Waals surface area contributed by atoms with Gasteiger partial charge < -0.3 is 15.5 Å². The normalized spacial score (nSPS) is 38.5. The number of nitrogens with two attached hydrogens (primary N) is 1. The van der Waals surface area contributed by atoms with E-state index in [1.54, 1.807) is 0 Å². The van der Waals surface area contributed by atoms with Crippen LogP contribution in [-0.2, 0) is 0 Å². The van der Waals surface area contributed by atoms with Crippen molar-refractivity contribution in [1.29, 1.82) is 0 Å². The highest BCUT2D eigenvalue weighted by molar-refractivity contribution is 4.94. The second-order valence-electron chi connectivity index (χ2n) is 8.05. The zero-order valence-electron chi connectivity index (χ0n) is 14.2.